The topological polar surface area (TPSA) is 111 Å². The molecule has 140 valence electrons. The lowest BCUT2D eigenvalue weighted by molar-refractivity contribution is -0.113. The van der Waals surface area contributed by atoms with Gasteiger partial charge in [-0.05, 0) is 38.5 Å². The van der Waals surface area contributed by atoms with Gasteiger partial charge in [0.05, 0.1) is 11.3 Å². The number of anilines is 1. The van der Waals surface area contributed by atoms with Gasteiger partial charge in [0.25, 0.3) is 11.1 Å². The number of hydrogen-bond acceptors (Lipinski definition) is 7. The molecule has 0 aliphatic rings. The van der Waals surface area contributed by atoms with E-state index in [1.807, 2.05) is 45.0 Å². The second-order valence-corrected chi connectivity index (χ2v) is 8.08. The number of aromatic nitrogens is 2. The Bertz CT molecular complexity index is 1010. The van der Waals surface area contributed by atoms with Crippen LogP contribution in [0.4, 0.5) is 5.00 Å². The van der Waals surface area contributed by atoms with Gasteiger partial charge in [0.2, 0.25) is 11.8 Å². The van der Waals surface area contributed by atoms with Crippen molar-refractivity contribution in [2.24, 2.45) is 5.73 Å². The molecule has 27 heavy (non-hydrogen) atoms. The van der Waals surface area contributed by atoms with Gasteiger partial charge in [-0.2, -0.15) is 0 Å². The number of rotatable bonds is 6. The highest BCUT2D eigenvalue weighted by Crippen LogP contribution is 2.32. The normalized spacial score (nSPS) is 10.8. The minimum Gasteiger partial charge on any atom is -0.411 e. The van der Waals surface area contributed by atoms with E-state index in [0.29, 0.717) is 21.7 Å². The standard InChI is InChI=1S/C18H18N4O3S2/c1-9-5-4-6-12(7-9)16-21-22-18(25-16)26-8-13(23)20-17-14(15(19)24)10(2)11(3)27-17/h4-7H,8H2,1-3H3,(H2,19,24)(H,20,23). The smallest absolute Gasteiger partial charge is 0.277 e. The quantitative estimate of drug-likeness (QED) is 0.610. The minimum atomic E-state index is -0.556. The summed E-state index contributed by atoms with van der Waals surface area (Å²) >= 11 is 2.46. The second-order valence-electron chi connectivity index (χ2n) is 5.93. The fourth-order valence-corrected chi connectivity index (χ4v) is 4.11. The first kappa shape index (κ1) is 19.1. The molecule has 1 aromatic carbocycles. The molecule has 0 saturated carbocycles. The molecule has 2 heterocycles. The van der Waals surface area contributed by atoms with Gasteiger partial charge < -0.3 is 15.5 Å². The van der Waals surface area contributed by atoms with E-state index < -0.39 is 5.91 Å². The first-order chi connectivity index (χ1) is 12.8. The molecule has 3 N–H and O–H groups in total. The van der Waals surface area contributed by atoms with E-state index in [1.165, 1.54) is 11.3 Å². The summed E-state index contributed by atoms with van der Waals surface area (Å²) < 4.78 is 5.60. The molecule has 0 atom stereocenters. The highest BCUT2D eigenvalue weighted by Gasteiger charge is 2.19. The molecule has 7 nitrogen and oxygen atoms in total. The monoisotopic (exact) mass is 402 g/mol. The Hall–Kier alpha value is -2.65. The molecule has 9 heteroatoms. The van der Waals surface area contributed by atoms with Crippen LogP contribution in [0.1, 0.15) is 26.4 Å². The number of nitrogens with two attached hydrogens (primary N) is 1. The largest absolute Gasteiger partial charge is 0.411 e. The van der Waals surface area contributed by atoms with E-state index in [0.717, 1.165) is 33.3 Å². The van der Waals surface area contributed by atoms with Crippen LogP contribution in [0.5, 0.6) is 0 Å². The van der Waals surface area contributed by atoms with Crippen LogP contribution in [0, 0.1) is 20.8 Å². The molecule has 0 saturated heterocycles. The van der Waals surface area contributed by atoms with Crippen LogP contribution in [0.15, 0.2) is 33.9 Å². The maximum atomic E-state index is 12.2. The van der Waals surface area contributed by atoms with Gasteiger partial charge >= 0.3 is 0 Å². The Morgan fingerprint density at radius 1 is 1.26 bits per heavy atom. The Morgan fingerprint density at radius 2 is 2.04 bits per heavy atom. The number of primary amides is 1. The van der Waals surface area contributed by atoms with Crippen molar-refractivity contribution in [2.75, 3.05) is 11.1 Å². The molecule has 0 bridgehead atoms. The summed E-state index contributed by atoms with van der Waals surface area (Å²) in [6.45, 7) is 5.66. The summed E-state index contributed by atoms with van der Waals surface area (Å²) in [4.78, 5) is 24.8. The van der Waals surface area contributed by atoms with Gasteiger partial charge in [-0.1, -0.05) is 29.5 Å². The maximum Gasteiger partial charge on any atom is 0.277 e. The molecular formula is C18H18N4O3S2. The lowest BCUT2D eigenvalue weighted by atomic mass is 10.1. The third kappa shape index (κ3) is 4.37. The van der Waals surface area contributed by atoms with Gasteiger partial charge in [-0.15, -0.1) is 21.5 Å². The van der Waals surface area contributed by atoms with Crippen LogP contribution < -0.4 is 11.1 Å². The molecule has 3 aromatic rings. The third-order valence-corrected chi connectivity index (χ3v) is 5.82. The Labute approximate surface area is 164 Å². The van der Waals surface area contributed by atoms with E-state index in [9.17, 15) is 9.59 Å². The van der Waals surface area contributed by atoms with E-state index in [2.05, 4.69) is 15.5 Å². The van der Waals surface area contributed by atoms with Crippen molar-refractivity contribution in [1.82, 2.24) is 10.2 Å². The fraction of sp³-hybridized carbons (Fsp3) is 0.222. The van der Waals surface area contributed by atoms with Crippen LogP contribution in [0.25, 0.3) is 11.5 Å². The maximum absolute atomic E-state index is 12.2. The number of nitrogens with one attached hydrogen (secondary N) is 1. The van der Waals surface area contributed by atoms with Crippen molar-refractivity contribution in [1.29, 1.82) is 0 Å². The van der Waals surface area contributed by atoms with Crippen molar-refractivity contribution in [3.63, 3.8) is 0 Å². The van der Waals surface area contributed by atoms with Gasteiger partial charge in [0.15, 0.2) is 0 Å². The van der Waals surface area contributed by atoms with Gasteiger partial charge in [-0.3, -0.25) is 9.59 Å². The first-order valence-corrected chi connectivity index (χ1v) is 9.88. The van der Waals surface area contributed by atoms with Crippen molar-refractivity contribution < 1.29 is 14.0 Å². The van der Waals surface area contributed by atoms with Crippen LogP contribution in [-0.2, 0) is 4.79 Å². The summed E-state index contributed by atoms with van der Waals surface area (Å²) in [7, 11) is 0. The molecule has 0 spiro atoms. The Morgan fingerprint density at radius 3 is 2.74 bits per heavy atom. The van der Waals surface area contributed by atoms with Crippen molar-refractivity contribution in [3.05, 3.63) is 45.8 Å². The Kier molecular flexibility index (Phi) is 5.62. The lowest BCUT2D eigenvalue weighted by Crippen LogP contribution is -2.18. The van der Waals surface area contributed by atoms with Crippen LogP contribution in [0.2, 0.25) is 0 Å². The van der Waals surface area contributed by atoms with Gasteiger partial charge in [-0.25, -0.2) is 0 Å². The summed E-state index contributed by atoms with van der Waals surface area (Å²) in [5.74, 6) is -0.357. The molecule has 0 aliphatic carbocycles. The van der Waals surface area contributed by atoms with Crippen LogP contribution in [-0.4, -0.2) is 27.8 Å². The van der Waals surface area contributed by atoms with E-state index in [1.54, 1.807) is 0 Å². The SMILES string of the molecule is Cc1cccc(-c2nnc(SCC(=O)Nc3sc(C)c(C)c3C(N)=O)o2)c1. The number of thiophene rings is 1. The molecular weight excluding hydrogens is 384 g/mol. The molecule has 3 rings (SSSR count). The average molecular weight is 403 g/mol. The number of hydrogen-bond donors (Lipinski definition) is 2. The number of nitrogens with zero attached hydrogens (tertiary/aromatic N) is 2. The number of benzene rings is 1. The molecule has 0 radical (unpaired) electrons. The summed E-state index contributed by atoms with van der Waals surface area (Å²) in [5, 5.41) is 11.5. The fourth-order valence-electron chi connectivity index (χ4n) is 2.46. The first-order valence-electron chi connectivity index (χ1n) is 8.08. The summed E-state index contributed by atoms with van der Waals surface area (Å²) in [6.07, 6.45) is 0. The van der Waals surface area contributed by atoms with Crippen LogP contribution >= 0.6 is 23.1 Å². The Balaban J connectivity index is 1.64. The zero-order valence-electron chi connectivity index (χ0n) is 15.0. The predicted octanol–water partition coefficient (Wildman–Crippen LogP) is 3.55. The molecule has 2 aromatic heterocycles. The zero-order valence-corrected chi connectivity index (χ0v) is 16.7. The summed E-state index contributed by atoms with van der Waals surface area (Å²) in [6, 6.07) is 7.72. The minimum absolute atomic E-state index is 0.0731. The number of carbonyl (C=O) groups is 2. The van der Waals surface area contributed by atoms with Crippen LogP contribution in [0.3, 0.4) is 0 Å². The third-order valence-electron chi connectivity index (χ3n) is 3.88. The summed E-state index contributed by atoms with van der Waals surface area (Å²) in [5.41, 5.74) is 8.48. The number of thioether (sulfide) groups is 1. The number of carbonyl (C=O) groups excluding carboxylic acids is 2. The lowest BCUT2D eigenvalue weighted by Gasteiger charge is -2.03. The molecule has 0 unspecified atom stereocenters. The van der Waals surface area contributed by atoms with Gasteiger partial charge in [0.1, 0.15) is 5.00 Å². The van der Waals surface area contributed by atoms with Gasteiger partial charge in [0, 0.05) is 10.4 Å². The molecule has 0 aliphatic heterocycles. The second kappa shape index (κ2) is 7.93. The average Bonchev–Trinajstić information content (AvgIpc) is 3.18. The molecule has 0 fully saturated rings. The van der Waals surface area contributed by atoms with Crippen molar-refractivity contribution in [2.45, 2.75) is 26.0 Å². The molecule has 2 amide bonds. The number of aryl methyl sites for hydroxylation is 2. The van der Waals surface area contributed by atoms with Crippen molar-refractivity contribution in [3.8, 4) is 11.5 Å². The van der Waals surface area contributed by atoms with E-state index in [4.69, 9.17) is 10.2 Å². The van der Waals surface area contributed by atoms with E-state index >= 15 is 0 Å². The zero-order chi connectivity index (χ0) is 19.6. The highest BCUT2D eigenvalue weighted by molar-refractivity contribution is 7.99. The number of amides is 2. The van der Waals surface area contributed by atoms with E-state index in [-0.39, 0.29) is 11.7 Å². The highest BCUT2D eigenvalue weighted by atomic mass is 32.2. The van der Waals surface area contributed by atoms with Crippen molar-refractivity contribution >= 4 is 39.9 Å². The predicted molar refractivity (Wildman–Crippen MR) is 106 cm³/mol.